The van der Waals surface area contributed by atoms with E-state index in [2.05, 4.69) is 52.5 Å². The topological polar surface area (TPSA) is 65.6 Å². The van der Waals surface area contributed by atoms with Crippen LogP contribution in [-0.2, 0) is 17.9 Å². The number of fused-ring (bicyclic) bond motifs is 1. The van der Waals surface area contributed by atoms with Crippen LogP contribution in [0.1, 0.15) is 34.8 Å². The summed E-state index contributed by atoms with van der Waals surface area (Å²) in [6, 6.07) is 37.9. The van der Waals surface area contributed by atoms with E-state index in [1.807, 2.05) is 78.9 Å². The van der Waals surface area contributed by atoms with Gasteiger partial charge in [0, 0.05) is 36.0 Å². The number of amides is 1. The molecule has 0 aliphatic carbocycles. The number of nitrogens with one attached hydrogen (secondary N) is 1. The first-order valence-electron chi connectivity index (χ1n) is 14.0. The Morgan fingerprint density at radius 1 is 0.833 bits per heavy atom. The number of furan rings is 1. The minimum absolute atomic E-state index is 0.0576. The van der Waals surface area contributed by atoms with E-state index in [4.69, 9.17) is 13.9 Å². The van der Waals surface area contributed by atoms with Gasteiger partial charge in [-0.05, 0) is 71.3 Å². The number of hydrogen-bond acceptors (Lipinski definition) is 4. The molecular formula is C36H32N2O4. The summed E-state index contributed by atoms with van der Waals surface area (Å²) in [6.45, 7) is 1.04. The van der Waals surface area contributed by atoms with Crippen LogP contribution in [0.25, 0.3) is 10.9 Å². The number of aromatic nitrogens is 1. The minimum atomic E-state index is -0.206. The number of nitrogens with zero attached hydrogens (tertiary/aromatic N) is 1. The summed E-state index contributed by atoms with van der Waals surface area (Å²) in [7, 11) is 1.67. The second-order valence-electron chi connectivity index (χ2n) is 10.2. The Balaban J connectivity index is 1.36. The van der Waals surface area contributed by atoms with E-state index in [-0.39, 0.29) is 18.2 Å². The summed E-state index contributed by atoms with van der Waals surface area (Å²) in [4.78, 5) is 13.4. The molecule has 0 spiro atoms. The zero-order valence-corrected chi connectivity index (χ0v) is 23.4. The molecule has 0 aliphatic rings. The zero-order valence-electron chi connectivity index (χ0n) is 23.4. The van der Waals surface area contributed by atoms with Gasteiger partial charge in [0.15, 0.2) is 0 Å². The molecule has 0 saturated carbocycles. The summed E-state index contributed by atoms with van der Waals surface area (Å²) in [6.07, 6.45) is 4.07. The molecule has 42 heavy (non-hydrogen) atoms. The number of carbonyl (C=O) groups excluding carboxylic acids is 1. The van der Waals surface area contributed by atoms with Crippen LogP contribution in [0.2, 0.25) is 0 Å². The molecule has 1 unspecified atom stereocenters. The predicted molar refractivity (Wildman–Crippen MR) is 164 cm³/mol. The lowest BCUT2D eigenvalue weighted by molar-refractivity contribution is -0.121. The monoisotopic (exact) mass is 556 g/mol. The molecular weight excluding hydrogens is 524 g/mol. The summed E-state index contributed by atoms with van der Waals surface area (Å²) < 4.78 is 19.2. The fraction of sp³-hybridized carbons (Fsp3) is 0.139. The lowest BCUT2D eigenvalue weighted by atomic mass is 9.88. The summed E-state index contributed by atoms with van der Waals surface area (Å²) in [5, 5.41) is 4.15. The second kappa shape index (κ2) is 12.5. The van der Waals surface area contributed by atoms with Gasteiger partial charge in [-0.2, -0.15) is 0 Å². The Morgan fingerprint density at radius 3 is 2.40 bits per heavy atom. The molecule has 1 amide bonds. The van der Waals surface area contributed by atoms with E-state index in [9.17, 15) is 4.79 Å². The highest BCUT2D eigenvalue weighted by molar-refractivity contribution is 5.87. The number of carbonyl (C=O) groups is 1. The first-order valence-corrected chi connectivity index (χ1v) is 14.0. The van der Waals surface area contributed by atoms with Gasteiger partial charge in [0.25, 0.3) is 0 Å². The molecule has 2 heterocycles. The third-order valence-electron chi connectivity index (χ3n) is 7.38. The maximum absolute atomic E-state index is 13.4. The predicted octanol–water partition coefficient (Wildman–Crippen LogP) is 7.92. The first-order chi connectivity index (χ1) is 20.7. The molecule has 6 nitrogen and oxygen atoms in total. The Hall–Kier alpha value is -5.23. The molecule has 0 saturated heterocycles. The molecule has 6 rings (SSSR count). The number of hydrogen-bond donors (Lipinski definition) is 1. The third kappa shape index (κ3) is 6.23. The third-order valence-corrected chi connectivity index (χ3v) is 7.38. The van der Waals surface area contributed by atoms with E-state index in [0.29, 0.717) is 18.8 Å². The smallest absolute Gasteiger partial charge is 0.221 e. The van der Waals surface area contributed by atoms with Gasteiger partial charge in [-0.15, -0.1) is 0 Å². The fourth-order valence-electron chi connectivity index (χ4n) is 5.29. The Labute approximate surface area is 245 Å². The SMILES string of the molecule is COc1ccc(Cn2cc(C(CC(=O)NCc3ccco3)c3cccc(Oc4ccccc4)c3)c3ccccc32)cc1. The van der Waals surface area contributed by atoms with Crippen LogP contribution in [0.5, 0.6) is 17.2 Å². The van der Waals surface area contributed by atoms with Crippen LogP contribution in [0, 0.1) is 0 Å². The van der Waals surface area contributed by atoms with Crippen LogP contribution in [0.15, 0.2) is 132 Å². The van der Waals surface area contributed by atoms with Crippen LogP contribution in [-0.4, -0.2) is 17.6 Å². The minimum Gasteiger partial charge on any atom is -0.497 e. The van der Waals surface area contributed by atoms with Gasteiger partial charge in [0.2, 0.25) is 5.91 Å². The normalized spacial score (nSPS) is 11.7. The molecule has 6 heteroatoms. The molecule has 0 bridgehead atoms. The summed E-state index contributed by atoms with van der Waals surface area (Å²) in [5.74, 6) is 2.77. The van der Waals surface area contributed by atoms with Gasteiger partial charge in [0.05, 0.1) is 19.9 Å². The number of rotatable bonds is 11. The standard InChI is InChI=1S/C36H32N2O4/c1-40-28-18-16-26(17-19-28)24-38-25-34(32-14-5-6-15-35(32)38)33(22-36(39)37-23-31-13-8-20-41-31)27-9-7-12-30(21-27)42-29-10-3-2-4-11-29/h2-21,25,33H,22-24H2,1H3,(H,37,39). The summed E-state index contributed by atoms with van der Waals surface area (Å²) in [5.41, 5.74) is 4.36. The van der Waals surface area contributed by atoms with Crippen molar-refractivity contribution in [3.63, 3.8) is 0 Å². The molecule has 1 N–H and O–H groups in total. The average Bonchev–Trinajstić information content (AvgIpc) is 3.68. The van der Waals surface area contributed by atoms with Crippen LogP contribution in [0.3, 0.4) is 0 Å². The van der Waals surface area contributed by atoms with E-state index < -0.39 is 0 Å². The molecule has 0 aliphatic heterocycles. The van der Waals surface area contributed by atoms with Crippen LogP contribution < -0.4 is 14.8 Å². The largest absolute Gasteiger partial charge is 0.497 e. The molecule has 2 aromatic heterocycles. The van der Waals surface area contributed by atoms with Crippen molar-refractivity contribution in [1.82, 2.24) is 9.88 Å². The van der Waals surface area contributed by atoms with Gasteiger partial charge in [0.1, 0.15) is 23.0 Å². The van der Waals surface area contributed by atoms with E-state index in [1.54, 1.807) is 13.4 Å². The molecule has 1 atom stereocenters. The van der Waals surface area contributed by atoms with Crippen LogP contribution in [0.4, 0.5) is 0 Å². The molecule has 6 aromatic rings. The highest BCUT2D eigenvalue weighted by atomic mass is 16.5. The van der Waals surface area contributed by atoms with Crippen molar-refractivity contribution < 1.29 is 18.7 Å². The van der Waals surface area contributed by atoms with Crippen molar-refractivity contribution in [1.29, 1.82) is 0 Å². The van der Waals surface area contributed by atoms with Crippen molar-refractivity contribution in [3.05, 3.63) is 150 Å². The molecule has 4 aromatic carbocycles. The quantitative estimate of drug-likeness (QED) is 0.176. The lowest BCUT2D eigenvalue weighted by Crippen LogP contribution is -2.24. The number of para-hydroxylation sites is 2. The number of methoxy groups -OCH3 is 1. The maximum Gasteiger partial charge on any atom is 0.221 e. The van der Waals surface area contributed by atoms with Crippen LogP contribution >= 0.6 is 0 Å². The molecule has 0 radical (unpaired) electrons. The van der Waals surface area contributed by atoms with E-state index in [0.717, 1.165) is 44.8 Å². The van der Waals surface area contributed by atoms with Crippen molar-refractivity contribution in [3.8, 4) is 17.2 Å². The van der Waals surface area contributed by atoms with Gasteiger partial charge in [-0.1, -0.05) is 60.7 Å². The van der Waals surface area contributed by atoms with E-state index in [1.165, 1.54) is 0 Å². The number of benzene rings is 4. The zero-order chi connectivity index (χ0) is 28.7. The fourth-order valence-corrected chi connectivity index (χ4v) is 5.29. The van der Waals surface area contributed by atoms with E-state index >= 15 is 0 Å². The van der Waals surface area contributed by atoms with Gasteiger partial charge in [-0.3, -0.25) is 4.79 Å². The number of ether oxygens (including phenoxy) is 2. The average molecular weight is 557 g/mol. The lowest BCUT2D eigenvalue weighted by Gasteiger charge is -2.18. The first kappa shape index (κ1) is 27.0. The molecule has 210 valence electrons. The highest BCUT2D eigenvalue weighted by Crippen LogP contribution is 2.37. The molecule has 0 fully saturated rings. The Bertz CT molecular complexity index is 1760. The van der Waals surface area contributed by atoms with Crippen molar-refractivity contribution in [2.45, 2.75) is 25.4 Å². The Kier molecular flexibility index (Phi) is 8.04. The maximum atomic E-state index is 13.4. The van der Waals surface area contributed by atoms with Gasteiger partial charge < -0.3 is 23.8 Å². The van der Waals surface area contributed by atoms with Crippen molar-refractivity contribution in [2.24, 2.45) is 0 Å². The van der Waals surface area contributed by atoms with Gasteiger partial charge in [-0.25, -0.2) is 0 Å². The second-order valence-corrected chi connectivity index (χ2v) is 10.2. The Morgan fingerprint density at radius 2 is 1.62 bits per heavy atom. The highest BCUT2D eigenvalue weighted by Gasteiger charge is 2.23. The summed E-state index contributed by atoms with van der Waals surface area (Å²) >= 11 is 0. The van der Waals surface area contributed by atoms with Gasteiger partial charge >= 0.3 is 0 Å². The van der Waals surface area contributed by atoms with Crippen molar-refractivity contribution in [2.75, 3.05) is 7.11 Å². The van der Waals surface area contributed by atoms with Crippen molar-refractivity contribution >= 4 is 16.8 Å².